The highest BCUT2D eigenvalue weighted by atomic mass is 16.5. The minimum Gasteiger partial charge on any atom is -0.390 e. The molecule has 1 aromatic rings. The number of likely N-dealkylation sites (tertiary alicyclic amines) is 1. The molecule has 2 aliphatic heterocycles. The fourth-order valence-electron chi connectivity index (χ4n) is 3.94. The van der Waals surface area contributed by atoms with E-state index in [1.807, 2.05) is 29.2 Å². The standard InChI is InChI=1S/C20H29NO4/c1-14(2)13-15-3-5-16(6-4-15)19(24)21-10-8-20(9-11-21)18(23)17(22)7-12-25-20/h3-6,14,17-18,22-23H,7-13H2,1-2H3/t17-,18-/m0/s1. The summed E-state index contributed by atoms with van der Waals surface area (Å²) < 4.78 is 5.83. The van der Waals surface area contributed by atoms with Crippen molar-refractivity contribution < 1.29 is 19.7 Å². The van der Waals surface area contributed by atoms with E-state index in [-0.39, 0.29) is 5.91 Å². The molecular weight excluding hydrogens is 318 g/mol. The maximum absolute atomic E-state index is 12.7. The molecule has 5 nitrogen and oxygen atoms in total. The minimum atomic E-state index is -0.867. The van der Waals surface area contributed by atoms with Crippen LogP contribution in [0.5, 0.6) is 0 Å². The molecule has 2 atom stereocenters. The van der Waals surface area contributed by atoms with E-state index in [2.05, 4.69) is 13.8 Å². The number of hydrogen-bond acceptors (Lipinski definition) is 4. The summed E-state index contributed by atoms with van der Waals surface area (Å²) in [4.78, 5) is 14.5. The van der Waals surface area contributed by atoms with Gasteiger partial charge < -0.3 is 19.8 Å². The van der Waals surface area contributed by atoms with Gasteiger partial charge in [-0.25, -0.2) is 0 Å². The molecular formula is C20H29NO4. The molecule has 5 heteroatoms. The average Bonchev–Trinajstić information content (AvgIpc) is 2.60. The lowest BCUT2D eigenvalue weighted by molar-refractivity contribution is -0.212. The van der Waals surface area contributed by atoms with Crippen LogP contribution in [-0.2, 0) is 11.2 Å². The summed E-state index contributed by atoms with van der Waals surface area (Å²) in [5.74, 6) is 0.619. The van der Waals surface area contributed by atoms with E-state index in [1.54, 1.807) is 0 Å². The van der Waals surface area contributed by atoms with Crippen LogP contribution in [-0.4, -0.2) is 58.5 Å². The van der Waals surface area contributed by atoms with E-state index < -0.39 is 17.8 Å². The number of piperidine rings is 1. The third kappa shape index (κ3) is 3.89. The van der Waals surface area contributed by atoms with E-state index in [1.165, 1.54) is 5.56 Å². The fourth-order valence-corrected chi connectivity index (χ4v) is 3.94. The Morgan fingerprint density at radius 2 is 1.88 bits per heavy atom. The van der Waals surface area contributed by atoms with Gasteiger partial charge in [0.05, 0.1) is 18.3 Å². The first-order valence-corrected chi connectivity index (χ1v) is 9.29. The zero-order valence-electron chi connectivity index (χ0n) is 15.1. The highest BCUT2D eigenvalue weighted by Crippen LogP contribution is 2.35. The van der Waals surface area contributed by atoms with Gasteiger partial charge in [-0.15, -0.1) is 0 Å². The number of carbonyl (C=O) groups excluding carboxylic acids is 1. The molecule has 2 N–H and O–H groups in total. The Labute approximate surface area is 149 Å². The number of amides is 1. The van der Waals surface area contributed by atoms with E-state index >= 15 is 0 Å². The van der Waals surface area contributed by atoms with E-state index in [9.17, 15) is 15.0 Å². The molecule has 0 aliphatic carbocycles. The number of hydrogen-bond donors (Lipinski definition) is 2. The van der Waals surface area contributed by atoms with Crippen LogP contribution < -0.4 is 0 Å². The summed E-state index contributed by atoms with van der Waals surface area (Å²) >= 11 is 0. The molecule has 2 heterocycles. The lowest BCUT2D eigenvalue weighted by Crippen LogP contribution is -2.60. The topological polar surface area (TPSA) is 70.0 Å². The van der Waals surface area contributed by atoms with Gasteiger partial charge in [-0.3, -0.25) is 4.79 Å². The van der Waals surface area contributed by atoms with E-state index in [4.69, 9.17) is 4.74 Å². The highest BCUT2D eigenvalue weighted by molar-refractivity contribution is 5.94. The third-order valence-corrected chi connectivity index (χ3v) is 5.45. The maximum Gasteiger partial charge on any atom is 0.253 e. The van der Waals surface area contributed by atoms with Gasteiger partial charge in [0.1, 0.15) is 6.10 Å². The Hall–Kier alpha value is -1.43. The Bertz CT molecular complexity index is 590. The normalized spacial score (nSPS) is 26.2. The molecule has 2 fully saturated rings. The lowest BCUT2D eigenvalue weighted by atomic mass is 9.80. The quantitative estimate of drug-likeness (QED) is 0.877. The van der Waals surface area contributed by atoms with Crippen molar-refractivity contribution in [1.29, 1.82) is 0 Å². The largest absolute Gasteiger partial charge is 0.390 e. The number of benzene rings is 1. The lowest BCUT2D eigenvalue weighted by Gasteiger charge is -2.48. The summed E-state index contributed by atoms with van der Waals surface area (Å²) in [5.41, 5.74) is 1.25. The predicted octanol–water partition coefficient (Wildman–Crippen LogP) is 2.00. The molecule has 2 aliphatic rings. The Morgan fingerprint density at radius 1 is 1.24 bits per heavy atom. The molecule has 0 saturated carbocycles. The molecule has 138 valence electrons. The SMILES string of the molecule is CC(C)Cc1ccc(C(=O)N2CCC3(CC2)OCC[C@H](O)[C@@H]3O)cc1. The van der Waals surface area contributed by atoms with Gasteiger partial charge in [0.15, 0.2) is 0 Å². The van der Waals surface area contributed by atoms with Gasteiger partial charge in [0, 0.05) is 18.7 Å². The molecule has 2 saturated heterocycles. The molecule has 0 aromatic heterocycles. The first-order valence-electron chi connectivity index (χ1n) is 9.29. The highest BCUT2D eigenvalue weighted by Gasteiger charge is 2.48. The fraction of sp³-hybridized carbons (Fsp3) is 0.650. The van der Waals surface area contributed by atoms with Gasteiger partial charge in [0.25, 0.3) is 5.91 Å². The Kier molecular flexibility index (Phi) is 5.46. The first-order chi connectivity index (χ1) is 11.9. The van der Waals surface area contributed by atoms with Crippen LogP contribution in [0.15, 0.2) is 24.3 Å². The summed E-state index contributed by atoms with van der Waals surface area (Å²) in [5, 5.41) is 20.2. The second-order valence-electron chi connectivity index (χ2n) is 7.80. The van der Waals surface area contributed by atoms with Crippen LogP contribution in [0.2, 0.25) is 0 Å². The number of aliphatic hydroxyl groups excluding tert-OH is 2. The number of rotatable bonds is 3. The molecule has 0 unspecified atom stereocenters. The van der Waals surface area contributed by atoms with Crippen molar-refractivity contribution in [2.75, 3.05) is 19.7 Å². The summed E-state index contributed by atoms with van der Waals surface area (Å²) in [6, 6.07) is 7.87. The predicted molar refractivity (Wildman–Crippen MR) is 95.4 cm³/mol. The molecule has 1 aromatic carbocycles. The molecule has 25 heavy (non-hydrogen) atoms. The van der Waals surface area contributed by atoms with Crippen molar-refractivity contribution in [1.82, 2.24) is 4.90 Å². The van der Waals surface area contributed by atoms with Crippen LogP contribution in [0.25, 0.3) is 0 Å². The van der Waals surface area contributed by atoms with Crippen molar-refractivity contribution in [3.8, 4) is 0 Å². The molecule has 1 spiro atoms. The second-order valence-corrected chi connectivity index (χ2v) is 7.80. The van der Waals surface area contributed by atoms with Crippen LogP contribution in [0.4, 0.5) is 0 Å². The van der Waals surface area contributed by atoms with Gasteiger partial charge in [-0.1, -0.05) is 26.0 Å². The average molecular weight is 347 g/mol. The van der Waals surface area contributed by atoms with Crippen molar-refractivity contribution in [2.24, 2.45) is 5.92 Å². The third-order valence-electron chi connectivity index (χ3n) is 5.45. The number of carbonyl (C=O) groups is 1. The second kappa shape index (κ2) is 7.44. The van der Waals surface area contributed by atoms with Crippen LogP contribution in [0.1, 0.15) is 49.0 Å². The van der Waals surface area contributed by atoms with Gasteiger partial charge >= 0.3 is 0 Å². The van der Waals surface area contributed by atoms with Crippen LogP contribution in [0, 0.1) is 5.92 Å². The summed E-state index contributed by atoms with van der Waals surface area (Å²) in [7, 11) is 0. The van der Waals surface area contributed by atoms with Crippen LogP contribution >= 0.6 is 0 Å². The van der Waals surface area contributed by atoms with Gasteiger partial charge in [0.2, 0.25) is 0 Å². The minimum absolute atomic E-state index is 0.0248. The van der Waals surface area contributed by atoms with Crippen molar-refractivity contribution in [3.63, 3.8) is 0 Å². The molecule has 0 radical (unpaired) electrons. The molecule has 1 amide bonds. The number of nitrogens with zero attached hydrogens (tertiary/aromatic N) is 1. The number of aliphatic hydroxyl groups is 2. The maximum atomic E-state index is 12.7. The van der Waals surface area contributed by atoms with E-state index in [0.717, 1.165) is 6.42 Å². The molecule has 3 rings (SSSR count). The zero-order valence-corrected chi connectivity index (χ0v) is 15.1. The number of ether oxygens (including phenoxy) is 1. The Morgan fingerprint density at radius 3 is 2.48 bits per heavy atom. The van der Waals surface area contributed by atoms with E-state index in [0.29, 0.717) is 50.4 Å². The monoisotopic (exact) mass is 347 g/mol. The van der Waals surface area contributed by atoms with Crippen molar-refractivity contribution in [3.05, 3.63) is 35.4 Å². The van der Waals surface area contributed by atoms with Gasteiger partial charge in [-0.2, -0.15) is 0 Å². The smallest absolute Gasteiger partial charge is 0.253 e. The summed E-state index contributed by atoms with van der Waals surface area (Å²) in [6.45, 7) is 5.90. The van der Waals surface area contributed by atoms with Gasteiger partial charge in [-0.05, 0) is 49.3 Å². The molecule has 0 bridgehead atoms. The van der Waals surface area contributed by atoms with Crippen LogP contribution in [0.3, 0.4) is 0 Å². The Balaban J connectivity index is 1.61. The first kappa shape index (κ1) is 18.4. The summed E-state index contributed by atoms with van der Waals surface area (Å²) in [6.07, 6.45) is 0.996. The zero-order chi connectivity index (χ0) is 18.0. The van der Waals surface area contributed by atoms with Crippen molar-refractivity contribution in [2.45, 2.75) is 57.3 Å². The van der Waals surface area contributed by atoms with Crippen molar-refractivity contribution >= 4 is 5.91 Å².